The van der Waals surface area contributed by atoms with Crippen LogP contribution in [0.25, 0.3) is 10.9 Å². The molecule has 0 spiro atoms. The lowest BCUT2D eigenvalue weighted by Gasteiger charge is -2.34. The second kappa shape index (κ2) is 8.93. The molecule has 1 saturated heterocycles. The molecule has 1 aromatic heterocycles. The lowest BCUT2D eigenvalue weighted by Crippen LogP contribution is -2.51. The molecule has 0 radical (unpaired) electrons. The molecule has 3 amide bonds. The summed E-state index contributed by atoms with van der Waals surface area (Å²) in [7, 11) is 0. The lowest BCUT2D eigenvalue weighted by molar-refractivity contribution is 0.0919. The number of para-hydroxylation sites is 1. The predicted molar refractivity (Wildman–Crippen MR) is 122 cm³/mol. The lowest BCUT2D eigenvalue weighted by atomic mass is 9.95. The van der Waals surface area contributed by atoms with Crippen LogP contribution < -0.4 is 10.6 Å². The number of likely N-dealkylation sites (tertiary alicyclic amines) is 1. The van der Waals surface area contributed by atoms with Gasteiger partial charge in [-0.05, 0) is 63.0 Å². The summed E-state index contributed by atoms with van der Waals surface area (Å²) in [6.07, 6.45) is 12.2. The highest BCUT2D eigenvalue weighted by atomic mass is 16.2. The minimum Gasteiger partial charge on any atom is -0.358 e. The molecule has 6 nitrogen and oxygen atoms in total. The highest BCUT2D eigenvalue weighted by Crippen LogP contribution is 2.31. The van der Waals surface area contributed by atoms with Crippen LogP contribution in [0.5, 0.6) is 0 Å². The number of rotatable bonds is 3. The van der Waals surface area contributed by atoms with E-state index in [1.54, 1.807) is 0 Å². The van der Waals surface area contributed by atoms with Crippen LogP contribution in [-0.4, -0.2) is 47.0 Å². The molecule has 0 bridgehead atoms. The van der Waals surface area contributed by atoms with Gasteiger partial charge in [-0.1, -0.05) is 31.4 Å². The van der Waals surface area contributed by atoms with Gasteiger partial charge in [0.2, 0.25) is 0 Å². The topological polar surface area (TPSA) is 77.2 Å². The standard InChI is InChI=1S/C25H34N4O2/c30-24(21-11-6-10-20-19-9-4-5-12-22(19)28-23(20)21)26-18-13-15-29(16-14-18)25(31)27-17-7-2-1-3-8-17/h6,10-11,17-18,28H,1-5,7-9,12-16H2,(H,26,30)(H,27,31). The van der Waals surface area contributed by atoms with Crippen LogP contribution in [0, 0.1) is 0 Å². The number of urea groups is 1. The number of H-pyrrole nitrogens is 1. The first-order valence-corrected chi connectivity index (χ1v) is 12.2. The van der Waals surface area contributed by atoms with Gasteiger partial charge in [0, 0.05) is 36.3 Å². The van der Waals surface area contributed by atoms with Crippen molar-refractivity contribution in [2.75, 3.05) is 13.1 Å². The number of piperidine rings is 1. The van der Waals surface area contributed by atoms with Gasteiger partial charge in [0.25, 0.3) is 5.91 Å². The maximum Gasteiger partial charge on any atom is 0.317 e. The van der Waals surface area contributed by atoms with Crippen molar-refractivity contribution in [3.63, 3.8) is 0 Å². The first-order chi connectivity index (χ1) is 15.2. The van der Waals surface area contributed by atoms with Crippen molar-refractivity contribution < 1.29 is 9.59 Å². The van der Waals surface area contributed by atoms with E-state index in [-0.39, 0.29) is 18.0 Å². The molecule has 2 aromatic rings. The molecule has 3 N–H and O–H groups in total. The highest BCUT2D eigenvalue weighted by Gasteiger charge is 2.27. The van der Waals surface area contributed by atoms with Gasteiger partial charge in [0.1, 0.15) is 0 Å². The Morgan fingerprint density at radius 2 is 1.61 bits per heavy atom. The SMILES string of the molecule is O=C(NC1CCN(C(=O)NC2CCCCC2)CC1)c1cccc2c3c([nH]c12)CCCC3. The number of hydrogen-bond donors (Lipinski definition) is 3. The van der Waals surface area contributed by atoms with Crippen molar-refractivity contribution in [3.8, 4) is 0 Å². The number of aromatic amines is 1. The number of hydrogen-bond acceptors (Lipinski definition) is 2. The second-order valence-electron chi connectivity index (χ2n) is 9.54. The summed E-state index contributed by atoms with van der Waals surface area (Å²) in [4.78, 5) is 31.1. The van der Waals surface area contributed by atoms with Crippen molar-refractivity contribution in [1.29, 1.82) is 0 Å². The number of fused-ring (bicyclic) bond motifs is 3. The fourth-order valence-electron chi connectivity index (χ4n) is 5.62. The highest BCUT2D eigenvalue weighted by molar-refractivity contribution is 6.07. The maximum atomic E-state index is 13.1. The van der Waals surface area contributed by atoms with Gasteiger partial charge in [-0.25, -0.2) is 4.79 Å². The summed E-state index contributed by atoms with van der Waals surface area (Å²) in [6, 6.07) is 6.58. The van der Waals surface area contributed by atoms with E-state index in [4.69, 9.17) is 0 Å². The molecule has 1 aliphatic heterocycles. The summed E-state index contributed by atoms with van der Waals surface area (Å²) >= 11 is 0. The molecule has 2 aliphatic carbocycles. The van der Waals surface area contributed by atoms with Crippen LogP contribution in [0.3, 0.4) is 0 Å². The summed E-state index contributed by atoms with van der Waals surface area (Å²) in [5, 5.41) is 7.65. The van der Waals surface area contributed by atoms with Crippen molar-refractivity contribution >= 4 is 22.8 Å². The zero-order valence-corrected chi connectivity index (χ0v) is 18.3. The third kappa shape index (κ3) is 4.30. The van der Waals surface area contributed by atoms with Gasteiger partial charge < -0.3 is 20.5 Å². The van der Waals surface area contributed by atoms with E-state index in [1.807, 2.05) is 17.0 Å². The molecule has 6 heteroatoms. The van der Waals surface area contributed by atoms with Crippen molar-refractivity contribution in [1.82, 2.24) is 20.5 Å². The molecule has 166 valence electrons. The third-order valence-electron chi connectivity index (χ3n) is 7.43. The van der Waals surface area contributed by atoms with Crippen LogP contribution >= 0.6 is 0 Å². The Labute approximate surface area is 184 Å². The number of carbonyl (C=O) groups excluding carboxylic acids is 2. The van der Waals surface area contributed by atoms with Crippen LogP contribution in [0.15, 0.2) is 18.2 Å². The van der Waals surface area contributed by atoms with Gasteiger partial charge in [0.15, 0.2) is 0 Å². The molecular weight excluding hydrogens is 388 g/mol. The van der Waals surface area contributed by atoms with Gasteiger partial charge in [-0.2, -0.15) is 0 Å². The quantitative estimate of drug-likeness (QED) is 0.690. The third-order valence-corrected chi connectivity index (χ3v) is 7.43. The van der Waals surface area contributed by atoms with Crippen LogP contribution in [0.1, 0.15) is 79.4 Å². The molecule has 1 aromatic carbocycles. The van der Waals surface area contributed by atoms with Gasteiger partial charge in [-0.15, -0.1) is 0 Å². The second-order valence-corrected chi connectivity index (χ2v) is 9.54. The first-order valence-electron chi connectivity index (χ1n) is 12.2. The van der Waals surface area contributed by atoms with Crippen molar-refractivity contribution in [2.45, 2.75) is 82.7 Å². The van der Waals surface area contributed by atoms with E-state index >= 15 is 0 Å². The zero-order chi connectivity index (χ0) is 21.2. The van der Waals surface area contributed by atoms with E-state index in [0.29, 0.717) is 19.1 Å². The number of aromatic nitrogens is 1. The molecular formula is C25H34N4O2. The number of carbonyl (C=O) groups is 2. The molecule has 2 fully saturated rings. The zero-order valence-electron chi connectivity index (χ0n) is 18.3. The minimum absolute atomic E-state index is 0.00527. The largest absolute Gasteiger partial charge is 0.358 e. The van der Waals surface area contributed by atoms with Crippen LogP contribution in [-0.2, 0) is 12.8 Å². The maximum absolute atomic E-state index is 13.1. The van der Waals surface area contributed by atoms with E-state index < -0.39 is 0 Å². The molecule has 5 rings (SSSR count). The Balaban J connectivity index is 1.18. The smallest absolute Gasteiger partial charge is 0.317 e. The summed E-state index contributed by atoms with van der Waals surface area (Å²) < 4.78 is 0. The molecule has 2 heterocycles. The average Bonchev–Trinajstić information content (AvgIpc) is 3.19. The van der Waals surface area contributed by atoms with Gasteiger partial charge >= 0.3 is 6.03 Å². The molecule has 0 unspecified atom stereocenters. The Kier molecular flexibility index (Phi) is 5.88. The normalized spacial score (nSPS) is 20.5. The van der Waals surface area contributed by atoms with Crippen molar-refractivity contribution in [3.05, 3.63) is 35.0 Å². The monoisotopic (exact) mass is 422 g/mol. The number of nitrogens with zero attached hydrogens (tertiary/aromatic N) is 1. The number of benzene rings is 1. The fourth-order valence-corrected chi connectivity index (χ4v) is 5.62. The molecule has 3 aliphatic rings. The molecule has 0 atom stereocenters. The Morgan fingerprint density at radius 3 is 2.42 bits per heavy atom. The van der Waals surface area contributed by atoms with Gasteiger partial charge in [-0.3, -0.25) is 4.79 Å². The molecule has 1 saturated carbocycles. The summed E-state index contributed by atoms with van der Waals surface area (Å²) in [6.45, 7) is 1.40. The average molecular weight is 423 g/mol. The Bertz CT molecular complexity index is 952. The number of amides is 3. The van der Waals surface area contributed by atoms with Crippen molar-refractivity contribution in [2.24, 2.45) is 0 Å². The Hall–Kier alpha value is -2.50. The molecule has 31 heavy (non-hydrogen) atoms. The Morgan fingerprint density at radius 1 is 0.871 bits per heavy atom. The summed E-state index contributed by atoms with van der Waals surface area (Å²) in [5.41, 5.74) is 4.42. The predicted octanol–water partition coefficient (Wildman–Crippen LogP) is 4.28. The summed E-state index contributed by atoms with van der Waals surface area (Å²) in [5.74, 6) is -0.00527. The number of aryl methyl sites for hydroxylation is 2. The van der Waals surface area contributed by atoms with E-state index in [1.165, 1.54) is 48.7 Å². The first kappa shape index (κ1) is 20.4. The van der Waals surface area contributed by atoms with E-state index in [9.17, 15) is 9.59 Å². The van der Waals surface area contributed by atoms with E-state index in [0.717, 1.165) is 49.6 Å². The van der Waals surface area contributed by atoms with E-state index in [2.05, 4.69) is 21.7 Å². The minimum atomic E-state index is -0.00527. The van der Waals surface area contributed by atoms with Crippen LogP contribution in [0.2, 0.25) is 0 Å². The fraction of sp³-hybridized carbons (Fsp3) is 0.600. The van der Waals surface area contributed by atoms with Crippen LogP contribution in [0.4, 0.5) is 4.79 Å². The number of nitrogens with one attached hydrogen (secondary N) is 3. The van der Waals surface area contributed by atoms with Gasteiger partial charge in [0.05, 0.1) is 11.1 Å².